The van der Waals surface area contributed by atoms with E-state index in [0.717, 1.165) is 22.3 Å². The second-order valence-corrected chi connectivity index (χ2v) is 9.46. The van der Waals surface area contributed by atoms with Crippen molar-refractivity contribution in [2.45, 2.75) is 32.6 Å². The minimum atomic E-state index is -3.79. The van der Waals surface area contributed by atoms with E-state index in [1.54, 1.807) is 44.2 Å². The van der Waals surface area contributed by atoms with Crippen molar-refractivity contribution in [3.63, 3.8) is 0 Å². The highest BCUT2D eigenvalue weighted by Crippen LogP contribution is 2.29. The number of amides is 1. The molecule has 0 saturated heterocycles. The number of benzene rings is 3. The number of nitrogens with one attached hydrogen (secondary N) is 1. The number of aryl methyl sites for hydroxylation is 4. The maximum atomic E-state index is 13.0. The molecule has 3 rings (SSSR count). The topological polar surface area (TPSA) is 89.3 Å². The number of primary amides is 1. The van der Waals surface area contributed by atoms with Gasteiger partial charge >= 0.3 is 0 Å². The van der Waals surface area contributed by atoms with Crippen LogP contribution in [0.3, 0.4) is 0 Å². The first-order valence-corrected chi connectivity index (χ1v) is 11.2. The maximum absolute atomic E-state index is 13.0. The summed E-state index contributed by atoms with van der Waals surface area (Å²) in [5.41, 5.74) is 10.9. The first kappa shape index (κ1) is 21.9. The molecule has 0 spiro atoms. The molecule has 30 heavy (non-hydrogen) atoms. The van der Waals surface area contributed by atoms with Crippen molar-refractivity contribution < 1.29 is 13.2 Å². The number of hydrogen-bond acceptors (Lipinski definition) is 3. The van der Waals surface area contributed by atoms with E-state index < -0.39 is 15.9 Å². The van der Waals surface area contributed by atoms with Crippen LogP contribution in [0.25, 0.3) is 11.1 Å². The minimum absolute atomic E-state index is 0.187. The average molecular weight is 443 g/mol. The maximum Gasteiger partial charge on any atom is 0.262 e. The number of sulfonamides is 1. The quantitative estimate of drug-likeness (QED) is 0.573. The summed E-state index contributed by atoms with van der Waals surface area (Å²) in [6.07, 6.45) is 0. The van der Waals surface area contributed by atoms with E-state index in [1.807, 2.05) is 32.0 Å². The summed E-state index contributed by atoms with van der Waals surface area (Å²) in [6.45, 7) is 7.13. The summed E-state index contributed by atoms with van der Waals surface area (Å²) in [6, 6.07) is 14.1. The SMILES string of the molecule is Cc1cc(S(=O)(=O)Nc2cccc(-c3cc(C)c(C(N)=O)c(C)c3)c2)c(C)cc1Cl. The van der Waals surface area contributed by atoms with Gasteiger partial charge in [0.2, 0.25) is 5.91 Å². The zero-order chi connectivity index (χ0) is 22.2. The molecule has 0 atom stereocenters. The fourth-order valence-corrected chi connectivity index (χ4v) is 5.12. The first-order valence-electron chi connectivity index (χ1n) is 9.30. The van der Waals surface area contributed by atoms with Gasteiger partial charge in [-0.15, -0.1) is 0 Å². The first-order chi connectivity index (χ1) is 14.0. The van der Waals surface area contributed by atoms with E-state index in [1.165, 1.54) is 0 Å². The highest BCUT2D eigenvalue weighted by atomic mass is 35.5. The number of nitrogens with two attached hydrogens (primary N) is 1. The van der Waals surface area contributed by atoms with Gasteiger partial charge in [0.1, 0.15) is 0 Å². The number of halogens is 1. The summed E-state index contributed by atoms with van der Waals surface area (Å²) in [7, 11) is -3.79. The molecule has 5 nitrogen and oxygen atoms in total. The lowest BCUT2D eigenvalue weighted by molar-refractivity contribution is 0.0999. The smallest absolute Gasteiger partial charge is 0.262 e. The van der Waals surface area contributed by atoms with Gasteiger partial charge < -0.3 is 5.73 Å². The summed E-state index contributed by atoms with van der Waals surface area (Å²) in [5.74, 6) is -0.466. The molecule has 3 N–H and O–H groups in total. The molecule has 0 aliphatic rings. The van der Waals surface area contributed by atoms with Gasteiger partial charge in [-0.25, -0.2) is 8.42 Å². The summed E-state index contributed by atoms with van der Waals surface area (Å²) >= 11 is 6.10. The van der Waals surface area contributed by atoms with Crippen LogP contribution in [0.4, 0.5) is 5.69 Å². The molecule has 0 bridgehead atoms. The zero-order valence-electron chi connectivity index (χ0n) is 17.2. The van der Waals surface area contributed by atoms with E-state index in [4.69, 9.17) is 17.3 Å². The number of carbonyl (C=O) groups excluding carboxylic acids is 1. The third-order valence-electron chi connectivity index (χ3n) is 4.97. The van der Waals surface area contributed by atoms with Crippen molar-refractivity contribution in [3.8, 4) is 11.1 Å². The Morgan fingerprint density at radius 3 is 2.10 bits per heavy atom. The molecule has 0 fully saturated rings. The molecule has 0 aromatic heterocycles. The van der Waals surface area contributed by atoms with E-state index in [-0.39, 0.29) is 4.90 Å². The van der Waals surface area contributed by atoms with Gasteiger partial charge in [0.25, 0.3) is 10.0 Å². The van der Waals surface area contributed by atoms with Crippen molar-refractivity contribution >= 4 is 33.2 Å². The molecular weight excluding hydrogens is 420 g/mol. The van der Waals surface area contributed by atoms with E-state index in [0.29, 0.717) is 27.4 Å². The summed E-state index contributed by atoms with van der Waals surface area (Å²) < 4.78 is 28.6. The van der Waals surface area contributed by atoms with Gasteiger partial charge in [-0.2, -0.15) is 0 Å². The van der Waals surface area contributed by atoms with Crippen molar-refractivity contribution in [1.82, 2.24) is 0 Å². The minimum Gasteiger partial charge on any atom is -0.366 e. The Morgan fingerprint density at radius 1 is 0.867 bits per heavy atom. The van der Waals surface area contributed by atoms with Crippen LogP contribution >= 0.6 is 11.6 Å². The highest BCUT2D eigenvalue weighted by Gasteiger charge is 2.19. The Balaban J connectivity index is 1.99. The van der Waals surface area contributed by atoms with Gasteiger partial charge in [0.05, 0.1) is 4.90 Å². The van der Waals surface area contributed by atoms with Crippen LogP contribution in [0.2, 0.25) is 5.02 Å². The molecule has 3 aromatic carbocycles. The lowest BCUT2D eigenvalue weighted by Crippen LogP contribution is -2.15. The third-order valence-corrected chi connectivity index (χ3v) is 6.90. The molecule has 0 unspecified atom stereocenters. The van der Waals surface area contributed by atoms with E-state index in [2.05, 4.69) is 4.72 Å². The lowest BCUT2D eigenvalue weighted by atomic mass is 9.95. The second-order valence-electron chi connectivity index (χ2n) is 7.40. The zero-order valence-corrected chi connectivity index (χ0v) is 18.8. The molecular formula is C23H23ClN2O3S. The fraction of sp³-hybridized carbons (Fsp3) is 0.174. The van der Waals surface area contributed by atoms with Crippen LogP contribution in [0.15, 0.2) is 53.4 Å². The monoisotopic (exact) mass is 442 g/mol. The Hall–Kier alpha value is -2.83. The lowest BCUT2D eigenvalue weighted by Gasteiger charge is -2.14. The molecule has 0 saturated carbocycles. The average Bonchev–Trinajstić information content (AvgIpc) is 2.63. The summed E-state index contributed by atoms with van der Waals surface area (Å²) in [5, 5.41) is 0.526. The normalized spacial score (nSPS) is 11.4. The van der Waals surface area contributed by atoms with Crippen molar-refractivity contribution in [3.05, 3.63) is 81.4 Å². The van der Waals surface area contributed by atoms with Crippen LogP contribution < -0.4 is 10.5 Å². The fourth-order valence-electron chi connectivity index (χ4n) is 3.54. The molecule has 0 aliphatic carbocycles. The van der Waals surface area contributed by atoms with Gasteiger partial charge in [-0.05, 0) is 85.3 Å². The number of anilines is 1. The Labute approximate surface area is 181 Å². The Morgan fingerprint density at radius 2 is 1.50 bits per heavy atom. The molecule has 3 aromatic rings. The molecule has 156 valence electrons. The van der Waals surface area contributed by atoms with Crippen LogP contribution in [0.5, 0.6) is 0 Å². The Bertz CT molecular complexity index is 1240. The van der Waals surface area contributed by atoms with E-state index >= 15 is 0 Å². The van der Waals surface area contributed by atoms with Crippen molar-refractivity contribution in [2.75, 3.05) is 4.72 Å². The predicted molar refractivity (Wildman–Crippen MR) is 122 cm³/mol. The highest BCUT2D eigenvalue weighted by molar-refractivity contribution is 7.92. The van der Waals surface area contributed by atoms with Gasteiger partial charge in [0, 0.05) is 16.3 Å². The number of rotatable bonds is 5. The Kier molecular flexibility index (Phi) is 5.92. The second kappa shape index (κ2) is 8.13. The molecule has 1 amide bonds. The third kappa shape index (κ3) is 4.35. The van der Waals surface area contributed by atoms with Gasteiger partial charge in [-0.3, -0.25) is 9.52 Å². The molecule has 0 aliphatic heterocycles. The number of hydrogen-bond donors (Lipinski definition) is 2. The number of carbonyl (C=O) groups is 1. The van der Waals surface area contributed by atoms with Crippen molar-refractivity contribution in [1.29, 1.82) is 0 Å². The summed E-state index contributed by atoms with van der Waals surface area (Å²) in [4.78, 5) is 11.8. The van der Waals surface area contributed by atoms with Crippen LogP contribution in [0, 0.1) is 27.7 Å². The molecule has 0 heterocycles. The van der Waals surface area contributed by atoms with E-state index in [9.17, 15) is 13.2 Å². The van der Waals surface area contributed by atoms with Crippen LogP contribution in [-0.2, 0) is 10.0 Å². The standard InChI is InChI=1S/C23H23ClN2O3S/c1-13-11-21(14(2)10-20(13)24)30(28,29)26-19-7-5-6-17(12-19)18-8-15(3)22(23(25)27)16(4)9-18/h5-12,26H,1-4H3,(H2,25,27). The van der Waals surface area contributed by atoms with Crippen LogP contribution in [0.1, 0.15) is 32.6 Å². The molecule has 0 radical (unpaired) electrons. The van der Waals surface area contributed by atoms with Gasteiger partial charge in [-0.1, -0.05) is 35.9 Å². The largest absolute Gasteiger partial charge is 0.366 e. The van der Waals surface area contributed by atoms with Gasteiger partial charge in [0.15, 0.2) is 0 Å². The van der Waals surface area contributed by atoms with Crippen molar-refractivity contribution in [2.24, 2.45) is 5.73 Å². The predicted octanol–water partition coefficient (Wildman–Crippen LogP) is 5.14. The van der Waals surface area contributed by atoms with Crippen LogP contribution in [-0.4, -0.2) is 14.3 Å². The molecule has 7 heteroatoms.